The lowest BCUT2D eigenvalue weighted by molar-refractivity contribution is 0.308. The second-order valence-corrected chi connectivity index (χ2v) is 10.2. The smallest absolute Gasteiger partial charge is 0.0686 e. The van der Waals surface area contributed by atoms with E-state index < -0.39 is 8.07 Å². The zero-order chi connectivity index (χ0) is 11.2. The van der Waals surface area contributed by atoms with Crippen LogP contribution in [0.15, 0.2) is 11.3 Å². The lowest BCUT2D eigenvalue weighted by Gasteiger charge is -2.19. The Bertz CT molecular complexity index is 175. The number of nitrogens with zero attached hydrogens (tertiary/aromatic N) is 1. The molecule has 2 heteroatoms. The van der Waals surface area contributed by atoms with E-state index in [0.717, 1.165) is 0 Å². The molecular formula is C12H27NSi. The van der Waals surface area contributed by atoms with Crippen LogP contribution in [-0.4, -0.2) is 32.6 Å². The van der Waals surface area contributed by atoms with Gasteiger partial charge in [0.05, 0.1) is 8.07 Å². The van der Waals surface area contributed by atoms with Gasteiger partial charge < -0.3 is 4.90 Å². The molecule has 14 heavy (non-hydrogen) atoms. The van der Waals surface area contributed by atoms with Crippen LogP contribution < -0.4 is 0 Å². The van der Waals surface area contributed by atoms with Gasteiger partial charge >= 0.3 is 0 Å². The molecule has 0 unspecified atom stereocenters. The van der Waals surface area contributed by atoms with Crippen LogP contribution in [0.1, 0.15) is 27.2 Å². The first-order valence-corrected chi connectivity index (χ1v) is 9.37. The second kappa shape index (κ2) is 6.41. The summed E-state index contributed by atoms with van der Waals surface area (Å²) in [5.74, 6) is 0. The molecule has 0 aliphatic carbocycles. The van der Waals surface area contributed by atoms with Gasteiger partial charge in [-0.2, -0.15) is 0 Å². The van der Waals surface area contributed by atoms with E-state index in [2.05, 4.69) is 51.0 Å². The van der Waals surface area contributed by atoms with Crippen LogP contribution in [0.5, 0.6) is 0 Å². The molecule has 0 heterocycles. The van der Waals surface area contributed by atoms with Crippen molar-refractivity contribution in [3.05, 3.63) is 11.3 Å². The molecule has 0 spiro atoms. The highest BCUT2D eigenvalue weighted by Gasteiger charge is 2.09. The normalized spacial score (nSPS) is 13.8. The third kappa shape index (κ3) is 7.33. The Morgan fingerprint density at radius 3 is 2.00 bits per heavy atom. The summed E-state index contributed by atoms with van der Waals surface area (Å²) in [6.45, 7) is 17.5. The van der Waals surface area contributed by atoms with Crippen molar-refractivity contribution in [1.82, 2.24) is 4.90 Å². The van der Waals surface area contributed by atoms with Crippen molar-refractivity contribution in [2.24, 2.45) is 0 Å². The van der Waals surface area contributed by atoms with Crippen LogP contribution in [0.4, 0.5) is 0 Å². The van der Waals surface area contributed by atoms with E-state index in [4.69, 9.17) is 0 Å². The zero-order valence-electron chi connectivity index (χ0n) is 10.9. The molecular weight excluding hydrogens is 186 g/mol. The fourth-order valence-electron chi connectivity index (χ4n) is 1.69. The Morgan fingerprint density at radius 2 is 1.64 bits per heavy atom. The predicted octanol–water partition coefficient (Wildman–Crippen LogP) is 3.54. The van der Waals surface area contributed by atoms with E-state index in [1.165, 1.54) is 26.1 Å². The fraction of sp³-hybridized carbons (Fsp3) is 0.833. The summed E-state index contributed by atoms with van der Waals surface area (Å²) in [5.41, 5.74) is 4.10. The van der Waals surface area contributed by atoms with Gasteiger partial charge in [-0.1, -0.05) is 44.8 Å². The summed E-state index contributed by atoms with van der Waals surface area (Å²) in [5, 5.41) is 0. The molecule has 0 saturated heterocycles. The highest BCUT2D eigenvalue weighted by molar-refractivity contribution is 6.81. The van der Waals surface area contributed by atoms with E-state index in [0.29, 0.717) is 0 Å². The van der Waals surface area contributed by atoms with Gasteiger partial charge in [0.2, 0.25) is 0 Å². The molecule has 0 atom stereocenters. The van der Waals surface area contributed by atoms with E-state index >= 15 is 0 Å². The SMILES string of the molecule is CCN(CC)CC/C(C)=C/[Si](C)(C)C. The molecule has 0 aliphatic heterocycles. The summed E-state index contributed by atoms with van der Waals surface area (Å²) in [7, 11) is -0.993. The van der Waals surface area contributed by atoms with Gasteiger partial charge in [0, 0.05) is 6.54 Å². The van der Waals surface area contributed by atoms with Gasteiger partial charge in [0.25, 0.3) is 0 Å². The lowest BCUT2D eigenvalue weighted by atomic mass is 10.2. The molecule has 0 aromatic carbocycles. The van der Waals surface area contributed by atoms with Crippen LogP contribution in [-0.2, 0) is 0 Å². The Morgan fingerprint density at radius 1 is 1.14 bits per heavy atom. The van der Waals surface area contributed by atoms with E-state index in [-0.39, 0.29) is 0 Å². The first kappa shape index (κ1) is 13.9. The summed E-state index contributed by atoms with van der Waals surface area (Å²) in [6, 6.07) is 0. The van der Waals surface area contributed by atoms with Crippen molar-refractivity contribution in [3.63, 3.8) is 0 Å². The average Bonchev–Trinajstić information content (AvgIpc) is 2.03. The highest BCUT2D eigenvalue weighted by atomic mass is 28.3. The molecule has 0 aromatic rings. The maximum Gasteiger partial charge on any atom is 0.0686 e. The number of rotatable bonds is 6. The van der Waals surface area contributed by atoms with Crippen LogP contribution in [0.25, 0.3) is 0 Å². The van der Waals surface area contributed by atoms with E-state index in [1.54, 1.807) is 5.57 Å². The summed E-state index contributed by atoms with van der Waals surface area (Å²) < 4.78 is 0. The Hall–Kier alpha value is -0.0831. The average molecular weight is 213 g/mol. The van der Waals surface area contributed by atoms with Gasteiger partial charge in [-0.3, -0.25) is 0 Å². The van der Waals surface area contributed by atoms with Crippen LogP contribution >= 0.6 is 0 Å². The third-order valence-electron chi connectivity index (χ3n) is 2.40. The van der Waals surface area contributed by atoms with Gasteiger partial charge in [-0.15, -0.1) is 0 Å². The molecule has 0 aromatic heterocycles. The van der Waals surface area contributed by atoms with Crippen molar-refractivity contribution >= 4 is 8.07 Å². The second-order valence-electron chi connectivity index (χ2n) is 5.13. The van der Waals surface area contributed by atoms with Crippen LogP contribution in [0.3, 0.4) is 0 Å². The minimum Gasteiger partial charge on any atom is -0.304 e. The summed E-state index contributed by atoms with van der Waals surface area (Å²) in [4.78, 5) is 2.49. The fourth-order valence-corrected chi connectivity index (χ4v) is 3.31. The minimum absolute atomic E-state index is 0.993. The van der Waals surface area contributed by atoms with E-state index in [1.807, 2.05) is 0 Å². The van der Waals surface area contributed by atoms with Gasteiger partial charge in [0.1, 0.15) is 0 Å². The lowest BCUT2D eigenvalue weighted by Crippen LogP contribution is -2.24. The Labute approximate surface area is 91.2 Å². The molecule has 0 aliphatic rings. The molecule has 0 fully saturated rings. The summed E-state index contributed by atoms with van der Waals surface area (Å²) in [6.07, 6.45) is 1.24. The first-order valence-electron chi connectivity index (χ1n) is 5.79. The van der Waals surface area contributed by atoms with Gasteiger partial charge in [-0.05, 0) is 26.4 Å². The highest BCUT2D eigenvalue weighted by Crippen LogP contribution is 2.10. The summed E-state index contributed by atoms with van der Waals surface area (Å²) >= 11 is 0. The van der Waals surface area contributed by atoms with Crippen molar-refractivity contribution in [2.45, 2.75) is 46.8 Å². The number of hydrogen-bond donors (Lipinski definition) is 0. The third-order valence-corrected chi connectivity index (χ3v) is 3.76. The number of hydrogen-bond acceptors (Lipinski definition) is 1. The molecule has 0 amide bonds. The predicted molar refractivity (Wildman–Crippen MR) is 69.5 cm³/mol. The first-order chi connectivity index (χ1) is 6.39. The monoisotopic (exact) mass is 213 g/mol. The molecule has 0 radical (unpaired) electrons. The van der Waals surface area contributed by atoms with E-state index in [9.17, 15) is 0 Å². The van der Waals surface area contributed by atoms with Gasteiger partial charge in [-0.25, -0.2) is 0 Å². The van der Waals surface area contributed by atoms with Crippen LogP contribution in [0, 0.1) is 0 Å². The van der Waals surface area contributed by atoms with Crippen LogP contribution in [0.2, 0.25) is 19.6 Å². The van der Waals surface area contributed by atoms with Crippen molar-refractivity contribution in [2.75, 3.05) is 19.6 Å². The molecule has 0 saturated carbocycles. The Kier molecular flexibility index (Phi) is 6.37. The van der Waals surface area contributed by atoms with Crippen molar-refractivity contribution in [3.8, 4) is 0 Å². The molecule has 84 valence electrons. The molecule has 0 rings (SSSR count). The molecule has 0 N–H and O–H groups in total. The van der Waals surface area contributed by atoms with Crippen molar-refractivity contribution < 1.29 is 0 Å². The van der Waals surface area contributed by atoms with Crippen molar-refractivity contribution in [1.29, 1.82) is 0 Å². The zero-order valence-corrected chi connectivity index (χ0v) is 11.9. The Balaban J connectivity index is 3.95. The maximum absolute atomic E-state index is 2.52. The molecule has 0 bridgehead atoms. The quantitative estimate of drug-likeness (QED) is 0.610. The largest absolute Gasteiger partial charge is 0.304 e. The topological polar surface area (TPSA) is 3.24 Å². The van der Waals surface area contributed by atoms with Gasteiger partial charge in [0.15, 0.2) is 0 Å². The minimum atomic E-state index is -0.993. The molecule has 1 nitrogen and oxygen atoms in total. The standard InChI is InChI=1S/C12H27NSi/c1-7-13(8-2)10-9-12(3)11-14(4,5)6/h11H,7-10H2,1-6H3/b12-11+. The maximum atomic E-state index is 2.52.